The number of piperidine rings is 1. The second kappa shape index (κ2) is 9.02. The van der Waals surface area contributed by atoms with Gasteiger partial charge in [-0.05, 0) is 80.8 Å². The first kappa shape index (κ1) is 25.9. The summed E-state index contributed by atoms with van der Waals surface area (Å²) in [6.07, 6.45) is -8.06. The average Bonchev–Trinajstić information content (AvgIpc) is 3.31. The lowest BCUT2D eigenvalue weighted by atomic mass is 9.86. The van der Waals surface area contributed by atoms with Crippen LogP contribution in [0, 0.1) is 0 Å². The molecule has 2 aliphatic heterocycles. The Hall–Kier alpha value is -2.21. The van der Waals surface area contributed by atoms with Gasteiger partial charge in [0.25, 0.3) is 0 Å². The summed E-state index contributed by atoms with van der Waals surface area (Å²) in [7, 11) is 0. The molecule has 0 spiro atoms. The Balaban J connectivity index is 1.58. The predicted molar refractivity (Wildman–Crippen MR) is 114 cm³/mol. The van der Waals surface area contributed by atoms with Gasteiger partial charge in [0.2, 0.25) is 0 Å². The largest absolute Gasteiger partial charge is 0.416 e. The van der Waals surface area contributed by atoms with E-state index in [1.807, 2.05) is 27.7 Å². The smallest absolute Gasteiger partial charge is 0.372 e. The molecule has 3 heterocycles. The van der Waals surface area contributed by atoms with E-state index in [1.54, 1.807) is 4.68 Å². The van der Waals surface area contributed by atoms with Crippen molar-refractivity contribution in [2.75, 3.05) is 6.54 Å². The minimum Gasteiger partial charge on any atom is -0.372 e. The molecule has 35 heavy (non-hydrogen) atoms. The molecule has 1 aromatic carbocycles. The number of ether oxygens (including phenoxy) is 1. The molecule has 0 radical (unpaired) electrons. The van der Waals surface area contributed by atoms with Crippen LogP contribution in [0.3, 0.4) is 0 Å². The molecule has 0 saturated carbocycles. The topological polar surface area (TPSA) is 56.1 Å². The summed E-state index contributed by atoms with van der Waals surface area (Å²) in [5, 5.41) is 12.3. The van der Waals surface area contributed by atoms with Crippen LogP contribution < -0.4 is 0 Å². The molecule has 1 aromatic heterocycles. The third-order valence-corrected chi connectivity index (χ3v) is 7.35. The summed E-state index contributed by atoms with van der Waals surface area (Å²) in [6.45, 7) is 8.45. The maximum Gasteiger partial charge on any atom is 0.416 e. The monoisotopic (exact) mass is 505 g/mol. The van der Waals surface area contributed by atoms with Crippen molar-refractivity contribution in [2.45, 2.75) is 95.6 Å². The van der Waals surface area contributed by atoms with Crippen LogP contribution in [0.15, 0.2) is 18.2 Å². The summed E-state index contributed by atoms with van der Waals surface area (Å²) in [5.41, 5.74) is -3.28. The Morgan fingerprint density at radius 2 is 1.69 bits per heavy atom. The Morgan fingerprint density at radius 3 is 2.23 bits per heavy atom. The maximum absolute atomic E-state index is 13.2. The quantitative estimate of drug-likeness (QED) is 0.478. The highest BCUT2D eigenvalue weighted by Crippen LogP contribution is 2.51. The van der Waals surface area contributed by atoms with Crippen LogP contribution in [0.4, 0.5) is 26.3 Å². The summed E-state index contributed by atoms with van der Waals surface area (Å²) >= 11 is 0. The number of tetrazole rings is 1. The van der Waals surface area contributed by atoms with Gasteiger partial charge in [0, 0.05) is 17.5 Å². The number of aromatic nitrogens is 4. The number of fused-ring (bicyclic) bond motifs is 2. The van der Waals surface area contributed by atoms with Gasteiger partial charge in [0.05, 0.1) is 29.9 Å². The fourth-order valence-electron chi connectivity index (χ4n) is 5.83. The molecular formula is C23H29F6N5O. The first-order valence-electron chi connectivity index (χ1n) is 11.7. The van der Waals surface area contributed by atoms with Crippen LogP contribution in [-0.2, 0) is 23.7 Å². The fourth-order valence-corrected chi connectivity index (χ4v) is 5.83. The highest BCUT2D eigenvalue weighted by molar-refractivity contribution is 5.33. The van der Waals surface area contributed by atoms with Crippen molar-refractivity contribution in [1.82, 2.24) is 25.1 Å². The van der Waals surface area contributed by atoms with E-state index in [2.05, 4.69) is 20.4 Å². The van der Waals surface area contributed by atoms with Gasteiger partial charge >= 0.3 is 12.4 Å². The molecule has 2 fully saturated rings. The minimum atomic E-state index is -4.89. The number of nitrogens with zero attached hydrogens (tertiary/aromatic N) is 5. The van der Waals surface area contributed by atoms with Crippen molar-refractivity contribution in [1.29, 1.82) is 0 Å². The number of halogens is 6. The third kappa shape index (κ3) is 4.78. The molecule has 4 atom stereocenters. The number of alkyl halides is 6. The maximum atomic E-state index is 13.2. The highest BCUT2D eigenvalue weighted by atomic mass is 19.4. The molecule has 2 aromatic rings. The minimum absolute atomic E-state index is 0.0522. The lowest BCUT2D eigenvalue weighted by Gasteiger charge is -2.47. The zero-order valence-corrected chi connectivity index (χ0v) is 20.0. The van der Waals surface area contributed by atoms with Crippen LogP contribution in [0.5, 0.6) is 0 Å². The molecule has 0 N–H and O–H groups in total. The van der Waals surface area contributed by atoms with E-state index in [0.29, 0.717) is 12.8 Å². The van der Waals surface area contributed by atoms with Crippen molar-refractivity contribution >= 4 is 0 Å². The fraction of sp³-hybridized carbons (Fsp3) is 0.696. The molecule has 2 saturated heterocycles. The van der Waals surface area contributed by atoms with E-state index < -0.39 is 29.0 Å². The Bertz CT molecular complexity index is 1020. The zero-order chi connectivity index (χ0) is 25.8. The number of rotatable bonds is 6. The normalized spacial score (nSPS) is 27.7. The van der Waals surface area contributed by atoms with E-state index >= 15 is 0 Å². The lowest BCUT2D eigenvalue weighted by Crippen LogP contribution is -2.57. The Morgan fingerprint density at radius 1 is 1.06 bits per heavy atom. The summed E-state index contributed by atoms with van der Waals surface area (Å²) in [6, 6.07) is 1.86. The van der Waals surface area contributed by atoms with Crippen molar-refractivity contribution in [2.24, 2.45) is 0 Å². The standard InChI is InChI=1S/C23H29F6N5O/c1-5-33-18-6-7-19(21(33,4)11-17(18)20-30-31-32-34(20)13(2)3)35-12-14-8-15(22(24,25)26)10-16(9-14)23(27,28)29/h8-10,13,17-19H,5-7,11-12H2,1-4H3. The lowest BCUT2D eigenvalue weighted by molar-refractivity contribution is -0.143. The van der Waals surface area contributed by atoms with Gasteiger partial charge in [-0.25, -0.2) is 4.68 Å². The number of hydrogen-bond donors (Lipinski definition) is 0. The van der Waals surface area contributed by atoms with Crippen molar-refractivity contribution in [3.8, 4) is 0 Å². The van der Waals surface area contributed by atoms with E-state index in [1.165, 1.54) is 0 Å². The van der Waals surface area contributed by atoms with Gasteiger partial charge in [0.15, 0.2) is 5.82 Å². The third-order valence-electron chi connectivity index (χ3n) is 7.35. The van der Waals surface area contributed by atoms with Crippen LogP contribution in [0.2, 0.25) is 0 Å². The molecule has 0 amide bonds. The first-order valence-corrected chi connectivity index (χ1v) is 11.7. The van der Waals surface area contributed by atoms with Crippen LogP contribution in [0.1, 0.15) is 81.4 Å². The summed E-state index contributed by atoms with van der Waals surface area (Å²) < 4.78 is 87.4. The predicted octanol–water partition coefficient (Wildman–Crippen LogP) is 5.61. The molecule has 12 heteroatoms. The van der Waals surface area contributed by atoms with E-state index in [-0.39, 0.29) is 42.3 Å². The molecule has 4 rings (SSSR count). The van der Waals surface area contributed by atoms with Gasteiger partial charge in [-0.3, -0.25) is 4.90 Å². The first-order chi connectivity index (χ1) is 16.3. The van der Waals surface area contributed by atoms with Crippen molar-refractivity contribution in [3.63, 3.8) is 0 Å². The van der Waals surface area contributed by atoms with Crippen molar-refractivity contribution < 1.29 is 31.1 Å². The van der Waals surface area contributed by atoms with Gasteiger partial charge in [-0.15, -0.1) is 5.10 Å². The summed E-state index contributed by atoms with van der Waals surface area (Å²) in [4.78, 5) is 2.32. The number of likely N-dealkylation sites (N-methyl/N-ethyl adjacent to an activating group) is 1. The van der Waals surface area contributed by atoms with E-state index in [0.717, 1.165) is 30.9 Å². The van der Waals surface area contributed by atoms with E-state index in [9.17, 15) is 26.3 Å². The van der Waals surface area contributed by atoms with Crippen LogP contribution in [0.25, 0.3) is 0 Å². The van der Waals surface area contributed by atoms with Gasteiger partial charge < -0.3 is 4.74 Å². The molecule has 6 nitrogen and oxygen atoms in total. The van der Waals surface area contributed by atoms with Crippen LogP contribution in [-0.4, -0.2) is 49.3 Å². The van der Waals surface area contributed by atoms with E-state index in [4.69, 9.17) is 4.74 Å². The second-order valence-corrected chi connectivity index (χ2v) is 9.89. The van der Waals surface area contributed by atoms with Gasteiger partial charge in [0.1, 0.15) is 0 Å². The van der Waals surface area contributed by atoms with Gasteiger partial charge in [-0.2, -0.15) is 26.3 Å². The molecule has 194 valence electrons. The second-order valence-electron chi connectivity index (χ2n) is 9.89. The number of hydrogen-bond acceptors (Lipinski definition) is 5. The Labute approximate surface area is 199 Å². The SMILES string of the molecule is CCN1C2CCC(OCc3cc(C(F)(F)F)cc(C(F)(F)F)c3)C1(C)CC2c1nnnn1C(C)C. The van der Waals surface area contributed by atoms with Gasteiger partial charge in [-0.1, -0.05) is 6.92 Å². The summed E-state index contributed by atoms with van der Waals surface area (Å²) in [5.74, 6) is 0.844. The Kier molecular flexibility index (Phi) is 6.67. The molecule has 0 aliphatic carbocycles. The average molecular weight is 506 g/mol. The van der Waals surface area contributed by atoms with Crippen LogP contribution >= 0.6 is 0 Å². The molecule has 4 unspecified atom stereocenters. The van der Waals surface area contributed by atoms with Crippen molar-refractivity contribution in [3.05, 3.63) is 40.7 Å². The molecule has 2 bridgehead atoms. The number of benzene rings is 1. The molecule has 2 aliphatic rings. The molecular weight excluding hydrogens is 476 g/mol. The zero-order valence-electron chi connectivity index (χ0n) is 20.0. The highest BCUT2D eigenvalue weighted by Gasteiger charge is 2.57.